The highest BCUT2D eigenvalue weighted by Gasteiger charge is 2.26. The number of anilines is 2. The van der Waals surface area contributed by atoms with E-state index in [4.69, 9.17) is 10.7 Å². The van der Waals surface area contributed by atoms with E-state index in [1.54, 1.807) is 0 Å². The molecule has 1 fully saturated rings. The number of nitrogens with two attached hydrogens (primary N) is 1. The van der Waals surface area contributed by atoms with E-state index < -0.39 is 0 Å². The van der Waals surface area contributed by atoms with Gasteiger partial charge in [0.15, 0.2) is 0 Å². The first-order valence-electron chi connectivity index (χ1n) is 7.80. The Labute approximate surface area is 128 Å². The minimum absolute atomic E-state index is 0.0948. The first-order valence-corrected chi connectivity index (χ1v) is 7.80. The maximum atomic E-state index is 6.15. The molecule has 0 spiro atoms. The van der Waals surface area contributed by atoms with Crippen LogP contribution in [0.5, 0.6) is 0 Å². The van der Waals surface area contributed by atoms with Crippen LogP contribution in [0.4, 0.5) is 11.6 Å². The predicted molar refractivity (Wildman–Crippen MR) is 88.8 cm³/mol. The van der Waals surface area contributed by atoms with Crippen LogP contribution in [0, 0.1) is 6.92 Å². The number of nitrogens with zero attached hydrogens (tertiary/aromatic N) is 4. The van der Waals surface area contributed by atoms with Crippen LogP contribution >= 0.6 is 0 Å². The monoisotopic (exact) mass is 291 g/mol. The molecule has 5 heteroatoms. The molecule has 1 unspecified atom stereocenters. The van der Waals surface area contributed by atoms with Gasteiger partial charge in [0.2, 0.25) is 0 Å². The quantitative estimate of drug-likeness (QED) is 0.859. The third-order valence-corrected chi connectivity index (χ3v) is 4.15. The lowest BCUT2D eigenvalue weighted by molar-refractivity contribution is 0.337. The van der Waals surface area contributed by atoms with Crippen LogP contribution in [-0.2, 0) is 5.41 Å². The van der Waals surface area contributed by atoms with E-state index >= 15 is 0 Å². The van der Waals surface area contributed by atoms with E-state index in [2.05, 4.69) is 49.5 Å². The summed E-state index contributed by atoms with van der Waals surface area (Å²) in [4.78, 5) is 14.1. The molecule has 0 aliphatic carbocycles. The van der Waals surface area contributed by atoms with Crippen molar-refractivity contribution in [1.82, 2.24) is 14.9 Å². The summed E-state index contributed by atoms with van der Waals surface area (Å²) in [6, 6.07) is 0.429. The summed E-state index contributed by atoms with van der Waals surface area (Å²) in [5.41, 5.74) is 7.05. The molecular weight excluding hydrogens is 262 g/mol. The number of likely N-dealkylation sites (N-methyl/N-ethyl adjacent to an activating group) is 1. The fourth-order valence-electron chi connectivity index (χ4n) is 2.82. The van der Waals surface area contributed by atoms with E-state index in [1.807, 2.05) is 6.92 Å². The molecule has 1 saturated heterocycles. The highest BCUT2D eigenvalue weighted by molar-refractivity contribution is 5.57. The zero-order valence-corrected chi connectivity index (χ0v) is 14.3. The summed E-state index contributed by atoms with van der Waals surface area (Å²) in [5, 5.41) is 0. The Bertz CT molecular complexity index is 506. The number of aromatic nitrogens is 2. The zero-order chi connectivity index (χ0) is 15.8. The Morgan fingerprint density at radius 2 is 1.86 bits per heavy atom. The predicted octanol–water partition coefficient (Wildman–Crippen LogP) is 2.20. The average Bonchev–Trinajstić information content (AvgIpc) is 2.52. The second-order valence-electron chi connectivity index (χ2n) is 7.29. The first kappa shape index (κ1) is 16.0. The second-order valence-corrected chi connectivity index (χ2v) is 7.29. The summed E-state index contributed by atoms with van der Waals surface area (Å²) in [5.74, 6) is 2.44. The summed E-state index contributed by atoms with van der Waals surface area (Å²) in [6.45, 7) is 13.9. The van der Waals surface area contributed by atoms with Gasteiger partial charge in [0.25, 0.3) is 0 Å². The van der Waals surface area contributed by atoms with Crippen molar-refractivity contribution in [3.63, 3.8) is 0 Å². The Hall–Kier alpha value is -1.36. The molecule has 2 rings (SSSR count). The van der Waals surface area contributed by atoms with Gasteiger partial charge < -0.3 is 15.5 Å². The Kier molecular flexibility index (Phi) is 4.42. The van der Waals surface area contributed by atoms with Gasteiger partial charge in [-0.05, 0) is 33.9 Å². The SMILES string of the molecule is Cc1c(N)nc(C(C)(C)C)nc1N1CCCN(C)CC1C. The highest BCUT2D eigenvalue weighted by atomic mass is 15.3. The van der Waals surface area contributed by atoms with Crippen LogP contribution in [0.25, 0.3) is 0 Å². The Morgan fingerprint density at radius 1 is 1.19 bits per heavy atom. The molecule has 1 aliphatic rings. The standard InChI is InChI=1S/C16H29N5/c1-11-10-20(6)8-7-9-21(11)14-12(2)13(17)18-15(19-14)16(3,4)5/h11H,7-10H2,1-6H3,(H2,17,18,19). The lowest BCUT2D eigenvalue weighted by atomic mass is 9.95. The topological polar surface area (TPSA) is 58.3 Å². The van der Waals surface area contributed by atoms with Gasteiger partial charge in [0.05, 0.1) is 0 Å². The molecule has 0 amide bonds. The van der Waals surface area contributed by atoms with Crippen LogP contribution in [0.15, 0.2) is 0 Å². The molecule has 1 aromatic heterocycles. The van der Waals surface area contributed by atoms with Crippen molar-refractivity contribution in [2.45, 2.75) is 52.5 Å². The fraction of sp³-hybridized carbons (Fsp3) is 0.750. The minimum atomic E-state index is -0.0948. The third-order valence-electron chi connectivity index (χ3n) is 4.15. The summed E-state index contributed by atoms with van der Waals surface area (Å²) in [6.07, 6.45) is 1.15. The van der Waals surface area contributed by atoms with E-state index in [1.165, 1.54) is 0 Å². The summed E-state index contributed by atoms with van der Waals surface area (Å²) < 4.78 is 0. The number of hydrogen-bond acceptors (Lipinski definition) is 5. The van der Waals surface area contributed by atoms with Gasteiger partial charge in [-0.15, -0.1) is 0 Å². The van der Waals surface area contributed by atoms with Crippen LogP contribution in [-0.4, -0.2) is 47.6 Å². The zero-order valence-electron chi connectivity index (χ0n) is 14.3. The van der Waals surface area contributed by atoms with Gasteiger partial charge in [-0.1, -0.05) is 20.8 Å². The van der Waals surface area contributed by atoms with Crippen LogP contribution in [0.2, 0.25) is 0 Å². The largest absolute Gasteiger partial charge is 0.383 e. The molecule has 0 aromatic carbocycles. The average molecular weight is 291 g/mol. The lowest BCUT2D eigenvalue weighted by Crippen LogP contribution is -2.39. The highest BCUT2D eigenvalue weighted by Crippen LogP contribution is 2.29. The minimum Gasteiger partial charge on any atom is -0.383 e. The molecular formula is C16H29N5. The molecule has 1 aliphatic heterocycles. The number of rotatable bonds is 1. The molecule has 2 N–H and O–H groups in total. The Morgan fingerprint density at radius 3 is 2.48 bits per heavy atom. The number of hydrogen-bond donors (Lipinski definition) is 1. The maximum absolute atomic E-state index is 6.15. The molecule has 5 nitrogen and oxygen atoms in total. The van der Waals surface area contributed by atoms with Crippen molar-refractivity contribution in [2.75, 3.05) is 37.3 Å². The Balaban J connectivity index is 2.44. The van der Waals surface area contributed by atoms with Gasteiger partial charge in [-0.25, -0.2) is 9.97 Å². The molecule has 1 aromatic rings. The van der Waals surface area contributed by atoms with Crippen LogP contribution < -0.4 is 10.6 Å². The molecule has 0 radical (unpaired) electrons. The lowest BCUT2D eigenvalue weighted by Gasteiger charge is -2.31. The van der Waals surface area contributed by atoms with Crippen molar-refractivity contribution in [1.29, 1.82) is 0 Å². The van der Waals surface area contributed by atoms with Crippen molar-refractivity contribution < 1.29 is 0 Å². The number of nitrogen functional groups attached to an aromatic ring is 1. The van der Waals surface area contributed by atoms with Gasteiger partial charge in [0, 0.05) is 30.1 Å². The molecule has 1 atom stereocenters. The van der Waals surface area contributed by atoms with E-state index in [0.717, 1.165) is 43.3 Å². The van der Waals surface area contributed by atoms with E-state index in [9.17, 15) is 0 Å². The van der Waals surface area contributed by atoms with Gasteiger partial charge in [-0.2, -0.15) is 0 Å². The maximum Gasteiger partial charge on any atom is 0.138 e. The van der Waals surface area contributed by atoms with Crippen molar-refractivity contribution in [2.24, 2.45) is 0 Å². The molecule has 0 saturated carbocycles. The smallest absolute Gasteiger partial charge is 0.138 e. The second kappa shape index (κ2) is 5.79. The van der Waals surface area contributed by atoms with Gasteiger partial charge in [-0.3, -0.25) is 0 Å². The van der Waals surface area contributed by atoms with Crippen molar-refractivity contribution >= 4 is 11.6 Å². The normalized spacial score (nSPS) is 21.4. The summed E-state index contributed by atoms with van der Waals surface area (Å²) >= 11 is 0. The molecule has 21 heavy (non-hydrogen) atoms. The van der Waals surface area contributed by atoms with Crippen LogP contribution in [0.1, 0.15) is 45.5 Å². The summed E-state index contributed by atoms with van der Waals surface area (Å²) in [7, 11) is 2.18. The van der Waals surface area contributed by atoms with E-state index in [0.29, 0.717) is 11.9 Å². The van der Waals surface area contributed by atoms with Gasteiger partial charge >= 0.3 is 0 Å². The fourth-order valence-corrected chi connectivity index (χ4v) is 2.82. The van der Waals surface area contributed by atoms with Crippen LogP contribution in [0.3, 0.4) is 0 Å². The molecule has 118 valence electrons. The van der Waals surface area contributed by atoms with Crippen molar-refractivity contribution in [3.05, 3.63) is 11.4 Å². The third kappa shape index (κ3) is 3.46. The van der Waals surface area contributed by atoms with E-state index in [-0.39, 0.29) is 5.41 Å². The molecule has 0 bridgehead atoms. The molecule has 2 heterocycles. The first-order chi connectivity index (χ1) is 9.70. The van der Waals surface area contributed by atoms with Gasteiger partial charge in [0.1, 0.15) is 17.5 Å². The van der Waals surface area contributed by atoms with Crippen molar-refractivity contribution in [3.8, 4) is 0 Å².